The number of carbonyl (C=O) groups excluding carboxylic acids is 1. The minimum absolute atomic E-state index is 0.356. The van der Waals surface area contributed by atoms with Crippen molar-refractivity contribution in [3.8, 4) is 6.19 Å². The number of carbonyl (C=O) groups is 1. The van der Waals surface area contributed by atoms with Gasteiger partial charge in [0.25, 0.3) is 0 Å². The maximum Gasteiger partial charge on any atom is 0.222 e. The molecule has 0 radical (unpaired) electrons. The summed E-state index contributed by atoms with van der Waals surface area (Å²) >= 11 is 0. The number of amides is 1. The summed E-state index contributed by atoms with van der Waals surface area (Å²) in [5.41, 5.74) is 0. The van der Waals surface area contributed by atoms with E-state index in [-0.39, 0.29) is 0 Å². The molecule has 0 rings (SSSR count). The Balaban J connectivity index is 3.59. The Hall–Kier alpha value is -1.04. The van der Waals surface area contributed by atoms with Crippen LogP contribution in [0.3, 0.4) is 0 Å². The number of hydrogen-bond donors (Lipinski definition) is 0. The molecule has 0 heterocycles. The van der Waals surface area contributed by atoms with Crippen LogP contribution in [0.25, 0.3) is 0 Å². The van der Waals surface area contributed by atoms with E-state index in [0.29, 0.717) is 18.9 Å². The molecule has 0 aliphatic rings. The molecule has 0 saturated heterocycles. The summed E-state index contributed by atoms with van der Waals surface area (Å²) in [4.78, 5) is 11.0. The van der Waals surface area contributed by atoms with E-state index in [1.807, 2.05) is 13.8 Å². The molecule has 0 N–H and O–H groups in total. The fourth-order valence-corrected chi connectivity index (χ4v) is 0.501. The maximum atomic E-state index is 9.98. The van der Waals surface area contributed by atoms with Gasteiger partial charge in [-0.05, 0) is 5.92 Å². The molecule has 9 heavy (non-hydrogen) atoms. The molecule has 0 bridgehead atoms. The second kappa shape index (κ2) is 3.90. The molecule has 0 unspecified atom stereocenters. The first-order chi connectivity index (χ1) is 4.20. The third-order valence-corrected chi connectivity index (χ3v) is 0.818. The second-order valence-electron chi connectivity index (χ2n) is 2.25. The molecule has 0 fully saturated rings. The normalized spacial score (nSPS) is 8.67. The lowest BCUT2D eigenvalue weighted by Gasteiger charge is -2.08. The SMILES string of the molecule is CC(C)CN(C#N)C=O. The van der Waals surface area contributed by atoms with Crippen molar-refractivity contribution in [1.29, 1.82) is 5.26 Å². The molecule has 0 atom stereocenters. The summed E-state index contributed by atoms with van der Waals surface area (Å²) in [6, 6.07) is 0. The van der Waals surface area contributed by atoms with E-state index in [2.05, 4.69) is 0 Å². The van der Waals surface area contributed by atoms with Gasteiger partial charge in [-0.25, -0.2) is 0 Å². The third kappa shape index (κ3) is 3.53. The van der Waals surface area contributed by atoms with E-state index < -0.39 is 0 Å². The van der Waals surface area contributed by atoms with Gasteiger partial charge in [0, 0.05) is 6.54 Å². The van der Waals surface area contributed by atoms with E-state index in [9.17, 15) is 4.79 Å². The fraction of sp³-hybridized carbons (Fsp3) is 0.667. The molecule has 50 valence electrons. The van der Waals surface area contributed by atoms with Crippen molar-refractivity contribution in [2.45, 2.75) is 13.8 Å². The monoisotopic (exact) mass is 126 g/mol. The van der Waals surface area contributed by atoms with Crippen molar-refractivity contribution < 1.29 is 4.79 Å². The average Bonchev–Trinajstić information content (AvgIpc) is 1.82. The lowest BCUT2D eigenvalue weighted by molar-refractivity contribution is -0.115. The highest BCUT2D eigenvalue weighted by molar-refractivity contribution is 5.49. The van der Waals surface area contributed by atoms with Gasteiger partial charge >= 0.3 is 0 Å². The Morgan fingerprint density at radius 2 is 2.33 bits per heavy atom. The van der Waals surface area contributed by atoms with Crippen LogP contribution in [0.1, 0.15) is 13.8 Å². The van der Waals surface area contributed by atoms with Gasteiger partial charge < -0.3 is 0 Å². The Morgan fingerprint density at radius 1 is 1.78 bits per heavy atom. The first-order valence-electron chi connectivity index (χ1n) is 2.82. The number of nitrogens with zero attached hydrogens (tertiary/aromatic N) is 2. The maximum absolute atomic E-state index is 9.98. The van der Waals surface area contributed by atoms with Crippen LogP contribution in [0, 0.1) is 17.4 Å². The quantitative estimate of drug-likeness (QED) is 0.315. The molecular formula is C6H10N2O. The van der Waals surface area contributed by atoms with Crippen LogP contribution in [-0.4, -0.2) is 17.9 Å². The van der Waals surface area contributed by atoms with Crippen molar-refractivity contribution in [1.82, 2.24) is 4.90 Å². The fourth-order valence-electron chi connectivity index (χ4n) is 0.501. The van der Waals surface area contributed by atoms with E-state index in [4.69, 9.17) is 5.26 Å². The highest BCUT2D eigenvalue weighted by atomic mass is 16.1. The van der Waals surface area contributed by atoms with Gasteiger partial charge in [0.15, 0.2) is 6.19 Å². The summed E-state index contributed by atoms with van der Waals surface area (Å²) in [6.07, 6.45) is 2.29. The minimum atomic E-state index is 0.356. The van der Waals surface area contributed by atoms with Gasteiger partial charge in [0.1, 0.15) is 0 Å². The highest BCUT2D eigenvalue weighted by Crippen LogP contribution is 1.92. The van der Waals surface area contributed by atoms with Crippen LogP contribution in [0.15, 0.2) is 0 Å². The zero-order valence-electron chi connectivity index (χ0n) is 5.66. The van der Waals surface area contributed by atoms with Gasteiger partial charge in [0.2, 0.25) is 6.41 Å². The summed E-state index contributed by atoms with van der Waals surface area (Å²) in [6.45, 7) is 4.42. The second-order valence-corrected chi connectivity index (χ2v) is 2.25. The Labute approximate surface area is 54.9 Å². The number of hydrogen-bond acceptors (Lipinski definition) is 2. The zero-order valence-corrected chi connectivity index (χ0v) is 5.66. The van der Waals surface area contributed by atoms with Gasteiger partial charge in [-0.1, -0.05) is 13.8 Å². The minimum Gasteiger partial charge on any atom is -0.278 e. The molecule has 0 spiro atoms. The van der Waals surface area contributed by atoms with E-state index in [1.165, 1.54) is 0 Å². The third-order valence-electron chi connectivity index (χ3n) is 0.818. The summed E-state index contributed by atoms with van der Waals surface area (Å²) in [7, 11) is 0. The summed E-state index contributed by atoms with van der Waals surface area (Å²) in [5.74, 6) is 0.356. The van der Waals surface area contributed by atoms with Crippen molar-refractivity contribution in [2.24, 2.45) is 5.92 Å². The van der Waals surface area contributed by atoms with Gasteiger partial charge in [-0.2, -0.15) is 5.26 Å². The highest BCUT2D eigenvalue weighted by Gasteiger charge is 2.00. The van der Waals surface area contributed by atoms with Crippen molar-refractivity contribution in [2.75, 3.05) is 6.54 Å². The standard InChI is InChI=1S/C6H10N2O/c1-6(2)3-8(4-7)5-9/h5-6H,3H2,1-2H3. The van der Waals surface area contributed by atoms with E-state index in [0.717, 1.165) is 4.90 Å². The molecule has 0 aromatic heterocycles. The van der Waals surface area contributed by atoms with Crippen molar-refractivity contribution in [3.63, 3.8) is 0 Å². The lowest BCUT2D eigenvalue weighted by atomic mass is 10.2. The first kappa shape index (κ1) is 7.96. The molecule has 3 heteroatoms. The zero-order chi connectivity index (χ0) is 7.28. The number of nitriles is 1. The van der Waals surface area contributed by atoms with Crippen LogP contribution in [-0.2, 0) is 4.79 Å². The topological polar surface area (TPSA) is 44.1 Å². The molecule has 0 aromatic carbocycles. The molecule has 0 aromatic rings. The van der Waals surface area contributed by atoms with Gasteiger partial charge in [-0.3, -0.25) is 9.69 Å². The van der Waals surface area contributed by atoms with Crippen LogP contribution in [0.4, 0.5) is 0 Å². The van der Waals surface area contributed by atoms with Crippen LogP contribution < -0.4 is 0 Å². The van der Waals surface area contributed by atoms with E-state index in [1.54, 1.807) is 6.19 Å². The molecule has 3 nitrogen and oxygen atoms in total. The Morgan fingerprint density at radius 3 is 2.44 bits per heavy atom. The van der Waals surface area contributed by atoms with E-state index >= 15 is 0 Å². The van der Waals surface area contributed by atoms with Gasteiger partial charge in [-0.15, -0.1) is 0 Å². The van der Waals surface area contributed by atoms with Crippen LogP contribution >= 0.6 is 0 Å². The predicted octanol–water partition coefficient (Wildman–Crippen LogP) is 0.582. The van der Waals surface area contributed by atoms with Crippen molar-refractivity contribution >= 4 is 6.41 Å². The molecular weight excluding hydrogens is 116 g/mol. The molecule has 0 saturated carbocycles. The molecule has 0 aliphatic heterocycles. The number of rotatable bonds is 3. The van der Waals surface area contributed by atoms with Gasteiger partial charge in [0.05, 0.1) is 0 Å². The Kier molecular flexibility index (Phi) is 3.45. The summed E-state index contributed by atoms with van der Waals surface area (Å²) < 4.78 is 0. The summed E-state index contributed by atoms with van der Waals surface area (Å²) in [5, 5.41) is 8.22. The molecule has 0 aliphatic carbocycles. The molecule has 1 amide bonds. The van der Waals surface area contributed by atoms with Crippen molar-refractivity contribution in [3.05, 3.63) is 0 Å². The lowest BCUT2D eigenvalue weighted by Crippen LogP contribution is -2.20. The largest absolute Gasteiger partial charge is 0.278 e. The van der Waals surface area contributed by atoms with Crippen LogP contribution in [0.5, 0.6) is 0 Å². The van der Waals surface area contributed by atoms with Crippen LogP contribution in [0.2, 0.25) is 0 Å². The Bertz CT molecular complexity index is 126. The smallest absolute Gasteiger partial charge is 0.222 e. The average molecular weight is 126 g/mol. The first-order valence-corrected chi connectivity index (χ1v) is 2.82. The predicted molar refractivity (Wildman–Crippen MR) is 33.2 cm³/mol.